The van der Waals surface area contributed by atoms with Gasteiger partial charge in [-0.25, -0.2) is 9.67 Å². The minimum absolute atomic E-state index is 0.587. The molecule has 1 aromatic carbocycles. The average Bonchev–Trinajstić information content (AvgIpc) is 3.17. The topological polar surface area (TPSA) is 74.3 Å². The molecular formula is C16H14ClN7S. The third kappa shape index (κ3) is 2.98. The first-order valence-electron chi connectivity index (χ1n) is 7.58. The number of aromatic nitrogens is 7. The largest absolute Gasteiger partial charge is 0.257 e. The van der Waals surface area contributed by atoms with Gasteiger partial charge in [0.15, 0.2) is 5.16 Å². The van der Waals surface area contributed by atoms with Gasteiger partial charge in [0.2, 0.25) is 0 Å². The lowest BCUT2D eigenvalue weighted by Crippen LogP contribution is -2.05. The molecule has 0 atom stereocenters. The van der Waals surface area contributed by atoms with Crippen LogP contribution in [0.25, 0.3) is 17.0 Å². The molecule has 0 aliphatic rings. The Hall–Kier alpha value is -2.45. The molecule has 126 valence electrons. The molecule has 0 N–H and O–H groups in total. The first kappa shape index (κ1) is 16.0. The molecule has 25 heavy (non-hydrogen) atoms. The first-order chi connectivity index (χ1) is 12.1. The monoisotopic (exact) mass is 371 g/mol. The van der Waals surface area contributed by atoms with Crippen LogP contribution in [-0.2, 0) is 12.8 Å². The van der Waals surface area contributed by atoms with Crippen molar-refractivity contribution in [3.8, 4) is 5.95 Å². The number of pyridine rings is 1. The highest BCUT2D eigenvalue weighted by atomic mass is 35.5. The number of benzene rings is 1. The summed E-state index contributed by atoms with van der Waals surface area (Å²) in [4.78, 5) is 9.24. The number of thioether (sulfide) groups is 1. The van der Waals surface area contributed by atoms with Gasteiger partial charge in [0.25, 0.3) is 5.95 Å². The summed E-state index contributed by atoms with van der Waals surface area (Å²) in [5.41, 5.74) is 3.58. The van der Waals surface area contributed by atoms with Crippen molar-refractivity contribution in [2.75, 3.05) is 0 Å². The maximum atomic E-state index is 6.33. The van der Waals surface area contributed by atoms with E-state index in [-0.39, 0.29) is 0 Å². The highest BCUT2D eigenvalue weighted by Crippen LogP contribution is 2.31. The van der Waals surface area contributed by atoms with Crippen LogP contribution in [-0.4, -0.2) is 34.7 Å². The zero-order valence-electron chi connectivity index (χ0n) is 13.6. The van der Waals surface area contributed by atoms with E-state index in [0.717, 1.165) is 27.6 Å². The lowest BCUT2D eigenvalue weighted by molar-refractivity contribution is 0.682. The average molecular weight is 372 g/mol. The van der Waals surface area contributed by atoms with E-state index in [0.29, 0.717) is 16.7 Å². The molecule has 0 unspecified atom stereocenters. The van der Waals surface area contributed by atoms with E-state index in [1.807, 2.05) is 47.9 Å². The normalized spacial score (nSPS) is 11.3. The lowest BCUT2D eigenvalue weighted by atomic mass is 10.3. The van der Waals surface area contributed by atoms with Crippen molar-refractivity contribution in [3.05, 3.63) is 52.8 Å². The zero-order valence-corrected chi connectivity index (χ0v) is 15.2. The van der Waals surface area contributed by atoms with Crippen LogP contribution in [0.15, 0.2) is 41.6 Å². The summed E-state index contributed by atoms with van der Waals surface area (Å²) in [5.74, 6) is 1.28. The van der Waals surface area contributed by atoms with Gasteiger partial charge in [0.1, 0.15) is 5.52 Å². The quantitative estimate of drug-likeness (QED) is 0.513. The fourth-order valence-corrected chi connectivity index (χ4v) is 3.68. The Morgan fingerprint density at radius 1 is 1.12 bits per heavy atom. The van der Waals surface area contributed by atoms with Gasteiger partial charge in [0, 0.05) is 18.5 Å². The Bertz CT molecular complexity index is 1060. The van der Waals surface area contributed by atoms with Crippen LogP contribution >= 0.6 is 23.4 Å². The van der Waals surface area contributed by atoms with Crippen molar-refractivity contribution >= 4 is 34.4 Å². The van der Waals surface area contributed by atoms with Gasteiger partial charge in [0.05, 0.1) is 16.2 Å². The number of aryl methyl sites for hydroxylation is 2. The molecule has 0 saturated carbocycles. The van der Waals surface area contributed by atoms with Crippen LogP contribution in [0.3, 0.4) is 0 Å². The summed E-state index contributed by atoms with van der Waals surface area (Å²) >= 11 is 7.90. The summed E-state index contributed by atoms with van der Waals surface area (Å²) in [5, 5.41) is 13.2. The number of imidazole rings is 1. The van der Waals surface area contributed by atoms with Gasteiger partial charge in [-0.2, -0.15) is 0 Å². The second-order valence-electron chi connectivity index (χ2n) is 5.50. The molecule has 4 rings (SSSR count). The summed E-state index contributed by atoms with van der Waals surface area (Å²) in [7, 11) is 1.79. The Morgan fingerprint density at radius 2 is 1.96 bits per heavy atom. The number of halogens is 1. The van der Waals surface area contributed by atoms with Crippen molar-refractivity contribution in [2.45, 2.75) is 17.8 Å². The highest BCUT2D eigenvalue weighted by Gasteiger charge is 2.18. The van der Waals surface area contributed by atoms with Gasteiger partial charge in [-0.1, -0.05) is 40.6 Å². The molecule has 3 heterocycles. The van der Waals surface area contributed by atoms with E-state index in [2.05, 4.69) is 20.5 Å². The smallest absolute Gasteiger partial charge is 0.256 e. The Balaban J connectivity index is 1.80. The number of para-hydroxylation sites is 1. The summed E-state index contributed by atoms with van der Waals surface area (Å²) in [6.45, 7) is 1.98. The number of rotatable bonds is 4. The predicted molar refractivity (Wildman–Crippen MR) is 97.0 cm³/mol. The van der Waals surface area contributed by atoms with Crippen molar-refractivity contribution < 1.29 is 0 Å². The fourth-order valence-electron chi connectivity index (χ4n) is 2.57. The van der Waals surface area contributed by atoms with Gasteiger partial charge >= 0.3 is 0 Å². The molecule has 0 aliphatic carbocycles. The van der Waals surface area contributed by atoms with Crippen molar-refractivity contribution in [1.29, 1.82) is 0 Å². The maximum absolute atomic E-state index is 6.33. The number of hydrogen-bond donors (Lipinski definition) is 0. The van der Waals surface area contributed by atoms with Gasteiger partial charge in [-0.05, 0) is 41.6 Å². The molecule has 0 spiro atoms. The fraction of sp³-hybridized carbons (Fsp3) is 0.188. The van der Waals surface area contributed by atoms with Crippen molar-refractivity contribution in [3.63, 3.8) is 0 Å². The summed E-state index contributed by atoms with van der Waals surface area (Å²) < 4.78 is 3.53. The molecule has 0 aliphatic heterocycles. The van der Waals surface area contributed by atoms with Crippen LogP contribution in [0, 0.1) is 6.92 Å². The molecule has 0 bridgehead atoms. The second-order valence-corrected chi connectivity index (χ2v) is 6.85. The van der Waals surface area contributed by atoms with E-state index >= 15 is 0 Å². The van der Waals surface area contributed by atoms with Gasteiger partial charge in [-0.3, -0.25) is 9.55 Å². The molecule has 0 radical (unpaired) electrons. The van der Waals surface area contributed by atoms with E-state index in [9.17, 15) is 0 Å². The number of hydrogen-bond acceptors (Lipinski definition) is 6. The van der Waals surface area contributed by atoms with E-state index < -0.39 is 0 Å². The third-order valence-corrected chi connectivity index (χ3v) is 4.98. The van der Waals surface area contributed by atoms with E-state index in [4.69, 9.17) is 16.6 Å². The van der Waals surface area contributed by atoms with Crippen LogP contribution < -0.4 is 0 Å². The van der Waals surface area contributed by atoms with Gasteiger partial charge in [-0.15, -0.1) is 0 Å². The molecule has 0 fully saturated rings. The van der Waals surface area contributed by atoms with Gasteiger partial charge < -0.3 is 0 Å². The summed E-state index contributed by atoms with van der Waals surface area (Å²) in [6.07, 6.45) is 0. The SMILES string of the molecule is Cc1cccc(CSc2nc3c(Cl)cccc3n2-c2nnnn2C)n1. The maximum Gasteiger partial charge on any atom is 0.256 e. The standard InChI is InChI=1S/C16H14ClN7S/c1-10-5-3-6-11(18-10)9-25-16-19-14-12(17)7-4-8-13(14)24(16)15-20-21-22-23(15)2/h3-8H,9H2,1-2H3. The van der Waals surface area contributed by atoms with E-state index in [1.54, 1.807) is 23.5 Å². The van der Waals surface area contributed by atoms with Crippen LogP contribution in [0.1, 0.15) is 11.4 Å². The Kier molecular flexibility index (Phi) is 4.14. The first-order valence-corrected chi connectivity index (χ1v) is 8.95. The molecule has 0 saturated heterocycles. The van der Waals surface area contributed by atoms with E-state index in [1.165, 1.54) is 0 Å². The minimum atomic E-state index is 0.587. The number of fused-ring (bicyclic) bond motifs is 1. The van der Waals surface area contributed by atoms with Crippen molar-refractivity contribution in [2.24, 2.45) is 7.05 Å². The summed E-state index contributed by atoms with van der Waals surface area (Å²) in [6, 6.07) is 11.7. The molecule has 9 heteroatoms. The molecule has 0 amide bonds. The zero-order chi connectivity index (χ0) is 17.4. The predicted octanol–water partition coefficient (Wildman–Crippen LogP) is 3.20. The Labute approximate surface area is 153 Å². The highest BCUT2D eigenvalue weighted by molar-refractivity contribution is 7.98. The number of nitrogens with zero attached hydrogens (tertiary/aromatic N) is 7. The number of tetrazole rings is 1. The van der Waals surface area contributed by atoms with Crippen LogP contribution in [0.5, 0.6) is 0 Å². The lowest BCUT2D eigenvalue weighted by Gasteiger charge is -2.06. The minimum Gasteiger partial charge on any atom is -0.257 e. The second kappa shape index (κ2) is 6.45. The van der Waals surface area contributed by atoms with Crippen molar-refractivity contribution in [1.82, 2.24) is 34.7 Å². The molecular weight excluding hydrogens is 358 g/mol. The van der Waals surface area contributed by atoms with Crippen LogP contribution in [0.2, 0.25) is 5.02 Å². The molecule has 4 aromatic rings. The Morgan fingerprint density at radius 3 is 2.72 bits per heavy atom. The molecule has 7 nitrogen and oxygen atoms in total. The van der Waals surface area contributed by atoms with Crippen LogP contribution in [0.4, 0.5) is 0 Å². The molecule has 3 aromatic heterocycles. The third-order valence-electron chi connectivity index (χ3n) is 3.70.